The lowest BCUT2D eigenvalue weighted by Crippen LogP contribution is -2.18. The third kappa shape index (κ3) is 3.12. The first kappa shape index (κ1) is 12.2. The summed E-state index contributed by atoms with van der Waals surface area (Å²) in [6, 6.07) is 0. The number of aromatic nitrogens is 3. The molecule has 1 aromatic heterocycles. The van der Waals surface area contributed by atoms with E-state index in [2.05, 4.69) is 10.1 Å². The molecule has 0 radical (unpaired) electrons. The molecule has 6 nitrogen and oxygen atoms in total. The van der Waals surface area contributed by atoms with Gasteiger partial charge in [0, 0.05) is 23.6 Å². The zero-order chi connectivity index (χ0) is 12.5. The van der Waals surface area contributed by atoms with E-state index in [1.165, 1.54) is 6.33 Å². The van der Waals surface area contributed by atoms with Gasteiger partial charge in [-0.1, -0.05) is 0 Å². The van der Waals surface area contributed by atoms with Crippen LogP contribution in [0, 0.1) is 5.41 Å². The molecule has 2 rings (SSSR count). The Bertz CT molecular complexity index is 453. The molecule has 0 aromatic carbocycles. The first-order valence-corrected chi connectivity index (χ1v) is 6.89. The van der Waals surface area contributed by atoms with E-state index in [1.807, 2.05) is 0 Å². The molecule has 0 aliphatic heterocycles. The van der Waals surface area contributed by atoms with Crippen molar-refractivity contribution in [1.29, 1.82) is 0 Å². The number of nitrogens with zero attached hydrogens (tertiary/aromatic N) is 3. The van der Waals surface area contributed by atoms with Gasteiger partial charge in [-0.2, -0.15) is 5.10 Å². The monoisotopic (exact) mass is 257 g/mol. The molecular formula is C10H15N3O3S. The van der Waals surface area contributed by atoms with Crippen LogP contribution in [0.5, 0.6) is 0 Å². The molecular weight excluding hydrogens is 242 g/mol. The lowest BCUT2D eigenvalue weighted by molar-refractivity contribution is -0.138. The zero-order valence-electron chi connectivity index (χ0n) is 9.63. The van der Waals surface area contributed by atoms with E-state index >= 15 is 0 Å². The largest absolute Gasteiger partial charge is 0.481 e. The average molecular weight is 257 g/mol. The summed E-state index contributed by atoms with van der Waals surface area (Å²) in [6.45, 7) is 0. The summed E-state index contributed by atoms with van der Waals surface area (Å²) in [7, 11) is 0.684. The summed E-state index contributed by atoms with van der Waals surface area (Å²) in [5.74, 6) is 0.664. The Balaban J connectivity index is 1.90. The van der Waals surface area contributed by atoms with E-state index in [-0.39, 0.29) is 11.8 Å². The van der Waals surface area contributed by atoms with E-state index in [0.29, 0.717) is 17.3 Å². The highest BCUT2D eigenvalue weighted by Gasteiger charge is 2.45. The summed E-state index contributed by atoms with van der Waals surface area (Å²) in [4.78, 5) is 14.7. The summed E-state index contributed by atoms with van der Waals surface area (Å²) in [5.41, 5.74) is -0.227. The molecule has 1 heterocycles. The normalized spacial score (nSPS) is 18.9. The molecule has 1 aromatic rings. The number of aliphatic carboxylic acids is 1. The smallest absolute Gasteiger partial charge is 0.303 e. The van der Waals surface area contributed by atoms with Crippen LogP contribution < -0.4 is 0 Å². The maximum atomic E-state index is 11.9. The lowest BCUT2D eigenvalue weighted by Gasteiger charge is -2.11. The minimum atomic E-state index is -1.07. The van der Waals surface area contributed by atoms with Crippen molar-refractivity contribution in [3.63, 3.8) is 0 Å². The van der Waals surface area contributed by atoms with Gasteiger partial charge in [0.2, 0.25) is 0 Å². The first-order chi connectivity index (χ1) is 8.01. The Kier molecular flexibility index (Phi) is 3.28. The highest BCUT2D eigenvalue weighted by Crippen LogP contribution is 2.49. The van der Waals surface area contributed by atoms with Crippen molar-refractivity contribution >= 4 is 16.8 Å². The van der Waals surface area contributed by atoms with Crippen LogP contribution in [0.4, 0.5) is 0 Å². The van der Waals surface area contributed by atoms with Crippen LogP contribution in [0.3, 0.4) is 0 Å². The molecule has 7 heteroatoms. The van der Waals surface area contributed by atoms with Crippen molar-refractivity contribution in [3.05, 3.63) is 12.2 Å². The molecule has 1 saturated carbocycles. The highest BCUT2D eigenvalue weighted by molar-refractivity contribution is 7.84. The van der Waals surface area contributed by atoms with E-state index in [1.54, 1.807) is 11.7 Å². The maximum Gasteiger partial charge on any atom is 0.303 e. The predicted octanol–water partition coefficient (Wildman–Crippen LogP) is 0.319. The Morgan fingerprint density at radius 2 is 2.35 bits per heavy atom. The molecule has 1 N–H and O–H groups in total. The number of hydrogen-bond acceptors (Lipinski definition) is 4. The van der Waals surface area contributed by atoms with E-state index in [9.17, 15) is 9.00 Å². The third-order valence-electron chi connectivity index (χ3n) is 3.05. The Morgan fingerprint density at radius 3 is 2.82 bits per heavy atom. The fourth-order valence-electron chi connectivity index (χ4n) is 1.86. The van der Waals surface area contributed by atoms with Gasteiger partial charge in [-0.05, 0) is 18.3 Å². The van der Waals surface area contributed by atoms with Crippen molar-refractivity contribution in [2.45, 2.75) is 25.0 Å². The number of hydrogen-bond donors (Lipinski definition) is 1. The van der Waals surface area contributed by atoms with Crippen molar-refractivity contribution < 1.29 is 14.1 Å². The van der Waals surface area contributed by atoms with Crippen molar-refractivity contribution in [1.82, 2.24) is 14.8 Å². The van der Waals surface area contributed by atoms with Gasteiger partial charge in [0.1, 0.15) is 12.2 Å². The highest BCUT2D eigenvalue weighted by atomic mass is 32.2. The van der Waals surface area contributed by atoms with E-state index in [0.717, 1.165) is 12.8 Å². The van der Waals surface area contributed by atoms with Gasteiger partial charge in [0.25, 0.3) is 0 Å². The minimum absolute atomic E-state index is 0.123. The second kappa shape index (κ2) is 4.56. The predicted molar refractivity (Wildman–Crippen MR) is 61.6 cm³/mol. The summed E-state index contributed by atoms with van der Waals surface area (Å²) < 4.78 is 13.5. The molecule has 94 valence electrons. The molecule has 1 unspecified atom stereocenters. The van der Waals surface area contributed by atoms with Crippen LogP contribution in [0.2, 0.25) is 0 Å². The number of rotatable bonds is 6. The Labute approximate surface area is 102 Å². The maximum absolute atomic E-state index is 11.9. The molecule has 0 saturated heterocycles. The van der Waals surface area contributed by atoms with Crippen LogP contribution >= 0.6 is 0 Å². The second-order valence-corrected chi connectivity index (χ2v) is 6.06. The molecule has 1 atom stereocenters. The van der Waals surface area contributed by atoms with Gasteiger partial charge >= 0.3 is 5.97 Å². The quantitative estimate of drug-likeness (QED) is 0.793. The van der Waals surface area contributed by atoms with Gasteiger partial charge in [-0.25, -0.2) is 4.98 Å². The summed E-state index contributed by atoms with van der Waals surface area (Å²) in [5, 5.41) is 12.7. The van der Waals surface area contributed by atoms with Gasteiger partial charge in [-0.15, -0.1) is 0 Å². The number of carbonyl (C=O) groups is 1. The van der Waals surface area contributed by atoms with Gasteiger partial charge in [-0.3, -0.25) is 13.7 Å². The number of carboxylic acids is 1. The average Bonchev–Trinajstić information content (AvgIpc) is 2.82. The third-order valence-corrected chi connectivity index (χ3v) is 4.56. The molecule has 0 amide bonds. The molecule has 0 spiro atoms. The van der Waals surface area contributed by atoms with Crippen molar-refractivity contribution in [3.8, 4) is 0 Å². The second-order valence-electron chi connectivity index (χ2n) is 4.60. The fourth-order valence-corrected chi connectivity index (χ4v) is 3.58. The molecule has 1 fully saturated rings. The topological polar surface area (TPSA) is 85.1 Å². The summed E-state index contributed by atoms with van der Waals surface area (Å²) >= 11 is 0. The first-order valence-electron chi connectivity index (χ1n) is 5.40. The van der Waals surface area contributed by atoms with E-state index < -0.39 is 16.8 Å². The van der Waals surface area contributed by atoms with Gasteiger partial charge in [0.05, 0.1) is 12.2 Å². The fraction of sp³-hybridized carbons (Fsp3) is 0.700. The Morgan fingerprint density at radius 1 is 1.65 bits per heavy atom. The lowest BCUT2D eigenvalue weighted by atomic mass is 10.1. The van der Waals surface area contributed by atoms with Crippen LogP contribution in [0.25, 0.3) is 0 Å². The SMILES string of the molecule is Cn1ncnc1CS(=O)CC1(CC(=O)O)CC1. The number of aryl methyl sites for hydroxylation is 1. The molecule has 1 aliphatic carbocycles. The standard InChI is InChI=1S/C10H15N3O3S/c1-13-8(11-7-12-13)5-17(16)6-10(2-3-10)4-9(14)15/h7H,2-6H2,1H3,(H,14,15). The zero-order valence-corrected chi connectivity index (χ0v) is 10.4. The Hall–Kier alpha value is -1.24. The molecule has 0 bridgehead atoms. The van der Waals surface area contributed by atoms with Gasteiger partial charge < -0.3 is 5.11 Å². The summed E-state index contributed by atoms with van der Waals surface area (Å²) in [6.07, 6.45) is 3.28. The van der Waals surface area contributed by atoms with Gasteiger partial charge in [0.15, 0.2) is 0 Å². The molecule has 1 aliphatic rings. The number of carboxylic acid groups (broad SMARTS) is 1. The van der Waals surface area contributed by atoms with Crippen LogP contribution in [0.15, 0.2) is 6.33 Å². The minimum Gasteiger partial charge on any atom is -0.481 e. The van der Waals surface area contributed by atoms with Crippen LogP contribution in [-0.2, 0) is 28.4 Å². The van der Waals surface area contributed by atoms with Crippen LogP contribution in [-0.4, -0.2) is 35.8 Å². The van der Waals surface area contributed by atoms with Crippen molar-refractivity contribution in [2.75, 3.05) is 5.75 Å². The van der Waals surface area contributed by atoms with Crippen molar-refractivity contribution in [2.24, 2.45) is 12.5 Å². The van der Waals surface area contributed by atoms with E-state index in [4.69, 9.17) is 5.11 Å². The van der Waals surface area contributed by atoms with Crippen LogP contribution in [0.1, 0.15) is 25.1 Å². The molecule has 17 heavy (non-hydrogen) atoms.